The molecule has 0 aromatic heterocycles. The zero-order valence-electron chi connectivity index (χ0n) is 9.59. The minimum Gasteiger partial charge on any atom is -0.309 e. The van der Waals surface area contributed by atoms with Crippen molar-refractivity contribution in [1.29, 1.82) is 0 Å². The van der Waals surface area contributed by atoms with Crippen LogP contribution in [0.1, 0.15) is 11.1 Å². The molecule has 1 nitrogen and oxygen atoms in total. The van der Waals surface area contributed by atoms with Crippen molar-refractivity contribution in [2.24, 2.45) is 0 Å². The first-order valence-electron chi connectivity index (χ1n) is 5.54. The standard InChI is InChI=1S/C14H12Br2ClN/c15-12-4-1-10(2-5-12)8-18-9-11-3-6-13(16)7-14(11)17/h1-7,18H,8-9H2. The molecule has 0 heterocycles. The molecule has 0 atom stereocenters. The van der Waals surface area contributed by atoms with Gasteiger partial charge in [-0.2, -0.15) is 0 Å². The van der Waals surface area contributed by atoms with Crippen LogP contribution in [0.15, 0.2) is 51.4 Å². The quantitative estimate of drug-likeness (QED) is 0.762. The summed E-state index contributed by atoms with van der Waals surface area (Å²) in [6.07, 6.45) is 0. The second-order valence-electron chi connectivity index (χ2n) is 3.97. The van der Waals surface area contributed by atoms with Gasteiger partial charge in [-0.1, -0.05) is 61.7 Å². The molecule has 0 fully saturated rings. The Balaban J connectivity index is 1.90. The molecule has 2 aromatic carbocycles. The van der Waals surface area contributed by atoms with Crippen LogP contribution in [-0.4, -0.2) is 0 Å². The van der Waals surface area contributed by atoms with Gasteiger partial charge in [0.2, 0.25) is 0 Å². The smallest absolute Gasteiger partial charge is 0.0462 e. The second kappa shape index (κ2) is 6.71. The van der Waals surface area contributed by atoms with Crippen LogP contribution in [-0.2, 0) is 13.1 Å². The van der Waals surface area contributed by atoms with E-state index in [2.05, 4.69) is 49.3 Å². The van der Waals surface area contributed by atoms with E-state index in [4.69, 9.17) is 11.6 Å². The molecule has 0 spiro atoms. The van der Waals surface area contributed by atoms with Crippen molar-refractivity contribution in [1.82, 2.24) is 5.32 Å². The van der Waals surface area contributed by atoms with Crippen molar-refractivity contribution < 1.29 is 0 Å². The Morgan fingerprint density at radius 2 is 1.56 bits per heavy atom. The van der Waals surface area contributed by atoms with Gasteiger partial charge in [-0.05, 0) is 35.4 Å². The molecule has 0 radical (unpaired) electrons. The topological polar surface area (TPSA) is 12.0 Å². The lowest BCUT2D eigenvalue weighted by Crippen LogP contribution is -2.12. The fourth-order valence-electron chi connectivity index (χ4n) is 1.61. The van der Waals surface area contributed by atoms with Gasteiger partial charge in [0.25, 0.3) is 0 Å². The van der Waals surface area contributed by atoms with E-state index >= 15 is 0 Å². The molecule has 18 heavy (non-hydrogen) atoms. The average Bonchev–Trinajstić information content (AvgIpc) is 2.34. The summed E-state index contributed by atoms with van der Waals surface area (Å²) >= 11 is 13.0. The largest absolute Gasteiger partial charge is 0.309 e. The zero-order chi connectivity index (χ0) is 13.0. The van der Waals surface area contributed by atoms with E-state index in [1.165, 1.54) is 5.56 Å². The lowest BCUT2D eigenvalue weighted by atomic mass is 10.2. The first kappa shape index (κ1) is 14.1. The molecule has 0 amide bonds. The molecule has 0 aliphatic carbocycles. The monoisotopic (exact) mass is 387 g/mol. The molecule has 0 aliphatic heterocycles. The summed E-state index contributed by atoms with van der Waals surface area (Å²) in [6, 6.07) is 14.2. The van der Waals surface area contributed by atoms with Crippen LogP contribution < -0.4 is 5.32 Å². The molecule has 0 unspecified atom stereocenters. The van der Waals surface area contributed by atoms with Crippen molar-refractivity contribution in [3.05, 3.63) is 67.6 Å². The Hall–Kier alpha value is -0.350. The Kier molecular flexibility index (Phi) is 5.25. The molecular formula is C14H12Br2ClN. The maximum Gasteiger partial charge on any atom is 0.0462 e. The zero-order valence-corrected chi connectivity index (χ0v) is 13.5. The van der Waals surface area contributed by atoms with Crippen LogP contribution in [0.25, 0.3) is 0 Å². The van der Waals surface area contributed by atoms with E-state index in [0.717, 1.165) is 32.6 Å². The Morgan fingerprint density at radius 1 is 0.889 bits per heavy atom. The van der Waals surface area contributed by atoms with Crippen LogP contribution in [0.5, 0.6) is 0 Å². The summed E-state index contributed by atoms with van der Waals surface area (Å²) < 4.78 is 2.10. The van der Waals surface area contributed by atoms with E-state index in [-0.39, 0.29) is 0 Å². The molecule has 0 bridgehead atoms. The molecule has 0 saturated carbocycles. The number of hydrogen-bond donors (Lipinski definition) is 1. The summed E-state index contributed by atoms with van der Waals surface area (Å²) in [5.74, 6) is 0. The van der Waals surface area contributed by atoms with Gasteiger partial charge in [-0.25, -0.2) is 0 Å². The van der Waals surface area contributed by atoms with Crippen LogP contribution >= 0.6 is 43.5 Å². The Labute approximate surface area is 129 Å². The minimum absolute atomic E-state index is 0.766. The van der Waals surface area contributed by atoms with Crippen LogP contribution in [0, 0.1) is 0 Å². The number of hydrogen-bond acceptors (Lipinski definition) is 1. The van der Waals surface area contributed by atoms with Gasteiger partial charge in [0.1, 0.15) is 0 Å². The summed E-state index contributed by atoms with van der Waals surface area (Å²) in [5, 5.41) is 4.17. The normalized spacial score (nSPS) is 10.6. The van der Waals surface area contributed by atoms with Gasteiger partial charge in [-0.3, -0.25) is 0 Å². The highest BCUT2D eigenvalue weighted by atomic mass is 79.9. The minimum atomic E-state index is 0.766. The fourth-order valence-corrected chi connectivity index (χ4v) is 2.61. The third kappa shape index (κ3) is 4.09. The SMILES string of the molecule is Clc1cc(Br)ccc1CNCc1ccc(Br)cc1. The van der Waals surface area contributed by atoms with Gasteiger partial charge >= 0.3 is 0 Å². The molecule has 0 saturated heterocycles. The number of rotatable bonds is 4. The van der Waals surface area contributed by atoms with Crippen molar-refractivity contribution in [2.45, 2.75) is 13.1 Å². The van der Waals surface area contributed by atoms with E-state index < -0.39 is 0 Å². The maximum absolute atomic E-state index is 6.16. The predicted octanol–water partition coefficient (Wildman–Crippen LogP) is 5.15. The van der Waals surface area contributed by atoms with E-state index in [9.17, 15) is 0 Å². The van der Waals surface area contributed by atoms with Crippen molar-refractivity contribution in [2.75, 3.05) is 0 Å². The summed E-state index contributed by atoms with van der Waals surface area (Å²) in [7, 11) is 0. The third-order valence-electron chi connectivity index (χ3n) is 2.57. The first-order chi connectivity index (χ1) is 8.65. The highest BCUT2D eigenvalue weighted by Gasteiger charge is 2.00. The van der Waals surface area contributed by atoms with E-state index in [0.29, 0.717) is 0 Å². The summed E-state index contributed by atoms with van der Waals surface area (Å²) in [5.41, 5.74) is 2.36. The second-order valence-corrected chi connectivity index (χ2v) is 6.20. The molecule has 94 valence electrons. The van der Waals surface area contributed by atoms with E-state index in [1.54, 1.807) is 0 Å². The third-order valence-corrected chi connectivity index (χ3v) is 3.95. The van der Waals surface area contributed by atoms with Crippen LogP contribution in [0.2, 0.25) is 5.02 Å². The number of nitrogens with one attached hydrogen (secondary N) is 1. The lowest BCUT2D eigenvalue weighted by molar-refractivity contribution is 0.693. The average molecular weight is 390 g/mol. The van der Waals surface area contributed by atoms with Gasteiger partial charge in [-0.15, -0.1) is 0 Å². The Bertz CT molecular complexity index is 526. The van der Waals surface area contributed by atoms with Gasteiger partial charge < -0.3 is 5.32 Å². The predicted molar refractivity (Wildman–Crippen MR) is 83.8 cm³/mol. The van der Waals surface area contributed by atoms with Crippen LogP contribution in [0.3, 0.4) is 0 Å². The number of benzene rings is 2. The van der Waals surface area contributed by atoms with Crippen molar-refractivity contribution >= 4 is 43.5 Å². The molecule has 4 heteroatoms. The molecule has 2 aromatic rings. The van der Waals surface area contributed by atoms with Crippen molar-refractivity contribution in [3.8, 4) is 0 Å². The molecule has 2 rings (SSSR count). The maximum atomic E-state index is 6.16. The highest BCUT2D eigenvalue weighted by molar-refractivity contribution is 9.10. The number of halogens is 3. The summed E-state index contributed by atoms with van der Waals surface area (Å²) in [4.78, 5) is 0. The van der Waals surface area contributed by atoms with E-state index in [1.807, 2.05) is 30.3 Å². The van der Waals surface area contributed by atoms with Crippen molar-refractivity contribution in [3.63, 3.8) is 0 Å². The lowest BCUT2D eigenvalue weighted by Gasteiger charge is -2.07. The van der Waals surface area contributed by atoms with Gasteiger partial charge in [0, 0.05) is 27.1 Å². The molecule has 0 aliphatic rings. The molecule has 1 N–H and O–H groups in total. The summed E-state index contributed by atoms with van der Waals surface area (Å²) in [6.45, 7) is 1.60. The first-order valence-corrected chi connectivity index (χ1v) is 7.50. The van der Waals surface area contributed by atoms with Gasteiger partial charge in [0.15, 0.2) is 0 Å². The van der Waals surface area contributed by atoms with Crippen LogP contribution in [0.4, 0.5) is 0 Å². The van der Waals surface area contributed by atoms with Gasteiger partial charge in [0.05, 0.1) is 0 Å². The fraction of sp³-hybridized carbons (Fsp3) is 0.143. The molecular weight excluding hydrogens is 377 g/mol. The Morgan fingerprint density at radius 3 is 2.22 bits per heavy atom. The highest BCUT2D eigenvalue weighted by Crippen LogP contribution is 2.21.